The third kappa shape index (κ3) is 5.80. The molecule has 0 aliphatic rings. The zero-order valence-electron chi connectivity index (χ0n) is 19.0. The van der Waals surface area contributed by atoms with Gasteiger partial charge in [0.05, 0.1) is 18.4 Å². The number of benzene rings is 1. The Morgan fingerprint density at radius 3 is 2.24 bits per heavy atom. The van der Waals surface area contributed by atoms with Gasteiger partial charge in [-0.25, -0.2) is 0 Å². The van der Waals surface area contributed by atoms with Gasteiger partial charge in [-0.15, -0.1) is 0 Å². The fourth-order valence-corrected chi connectivity index (χ4v) is 3.87. The Morgan fingerprint density at radius 2 is 1.69 bits per heavy atom. The van der Waals surface area contributed by atoms with Crippen molar-refractivity contribution in [3.63, 3.8) is 0 Å². The fourth-order valence-electron chi connectivity index (χ4n) is 3.87. The number of aryl methyl sites for hydroxylation is 3. The van der Waals surface area contributed by atoms with Crippen molar-refractivity contribution in [2.75, 3.05) is 26.9 Å². The molecule has 1 atom stereocenters. The van der Waals surface area contributed by atoms with Crippen molar-refractivity contribution in [2.45, 2.75) is 66.4 Å². The molecule has 0 bridgehead atoms. The normalized spacial score (nSPS) is 12.2. The molecule has 0 saturated heterocycles. The van der Waals surface area contributed by atoms with Crippen LogP contribution in [0.25, 0.3) is 11.3 Å². The standard InChI is InChI=1S/C25H37NO3/c1-7-12-22(28-10-4)24-18(5)26-21(17-23(24)29-16-15-27-6)25-19(8-2)13-11-14-20(25)9-3/h11,13-14,17,22H,7-10,12,15-16H2,1-6H3. The minimum Gasteiger partial charge on any atom is -0.491 e. The lowest BCUT2D eigenvalue weighted by molar-refractivity contribution is 0.0518. The van der Waals surface area contributed by atoms with Gasteiger partial charge in [0.15, 0.2) is 0 Å². The zero-order chi connectivity index (χ0) is 21.2. The van der Waals surface area contributed by atoms with E-state index in [1.54, 1.807) is 7.11 Å². The highest BCUT2D eigenvalue weighted by atomic mass is 16.5. The van der Waals surface area contributed by atoms with E-state index in [1.165, 1.54) is 16.7 Å². The summed E-state index contributed by atoms with van der Waals surface area (Å²) in [5.41, 5.74) is 6.92. The van der Waals surface area contributed by atoms with Gasteiger partial charge in [-0.2, -0.15) is 0 Å². The summed E-state index contributed by atoms with van der Waals surface area (Å²) in [6.45, 7) is 12.4. The minimum absolute atomic E-state index is 0.00356. The number of methoxy groups -OCH3 is 1. The van der Waals surface area contributed by atoms with Gasteiger partial charge in [-0.1, -0.05) is 45.4 Å². The molecule has 4 heteroatoms. The molecule has 4 nitrogen and oxygen atoms in total. The third-order valence-electron chi connectivity index (χ3n) is 5.25. The van der Waals surface area contributed by atoms with E-state index < -0.39 is 0 Å². The van der Waals surface area contributed by atoms with Crippen LogP contribution in [0.3, 0.4) is 0 Å². The van der Waals surface area contributed by atoms with E-state index in [-0.39, 0.29) is 6.10 Å². The maximum absolute atomic E-state index is 6.20. The highest BCUT2D eigenvalue weighted by molar-refractivity contribution is 5.70. The fraction of sp³-hybridized carbons (Fsp3) is 0.560. The largest absolute Gasteiger partial charge is 0.491 e. The quantitative estimate of drug-likeness (QED) is 0.405. The number of rotatable bonds is 12. The third-order valence-corrected chi connectivity index (χ3v) is 5.25. The maximum Gasteiger partial charge on any atom is 0.129 e. The summed E-state index contributed by atoms with van der Waals surface area (Å²) in [7, 11) is 1.69. The van der Waals surface area contributed by atoms with Crippen molar-refractivity contribution in [1.82, 2.24) is 4.98 Å². The van der Waals surface area contributed by atoms with Crippen LogP contribution in [0.15, 0.2) is 24.3 Å². The average molecular weight is 400 g/mol. The molecule has 0 saturated carbocycles. The van der Waals surface area contributed by atoms with E-state index in [9.17, 15) is 0 Å². The zero-order valence-corrected chi connectivity index (χ0v) is 19.0. The van der Waals surface area contributed by atoms with Crippen LogP contribution in [0.4, 0.5) is 0 Å². The smallest absolute Gasteiger partial charge is 0.129 e. The van der Waals surface area contributed by atoms with E-state index >= 15 is 0 Å². The highest BCUT2D eigenvalue weighted by Crippen LogP contribution is 2.38. The van der Waals surface area contributed by atoms with E-state index in [2.05, 4.69) is 52.0 Å². The van der Waals surface area contributed by atoms with E-state index in [4.69, 9.17) is 19.2 Å². The second-order valence-corrected chi connectivity index (χ2v) is 7.24. The molecule has 0 amide bonds. The van der Waals surface area contributed by atoms with Gasteiger partial charge < -0.3 is 14.2 Å². The lowest BCUT2D eigenvalue weighted by Gasteiger charge is -2.23. The van der Waals surface area contributed by atoms with Crippen LogP contribution in [-0.4, -0.2) is 31.9 Å². The predicted molar refractivity (Wildman–Crippen MR) is 120 cm³/mol. The molecule has 1 unspecified atom stereocenters. The Bertz CT molecular complexity index is 745. The van der Waals surface area contributed by atoms with E-state index in [1.807, 2.05) is 6.92 Å². The van der Waals surface area contributed by atoms with Gasteiger partial charge in [-0.3, -0.25) is 4.98 Å². The molecule has 0 aliphatic heterocycles. The molecule has 0 radical (unpaired) electrons. The monoisotopic (exact) mass is 399 g/mol. The summed E-state index contributed by atoms with van der Waals surface area (Å²) in [6, 6.07) is 8.65. The highest BCUT2D eigenvalue weighted by Gasteiger charge is 2.22. The van der Waals surface area contributed by atoms with Crippen LogP contribution >= 0.6 is 0 Å². The van der Waals surface area contributed by atoms with Gasteiger partial charge >= 0.3 is 0 Å². The number of aromatic nitrogens is 1. The molecule has 0 spiro atoms. The topological polar surface area (TPSA) is 40.6 Å². The van der Waals surface area contributed by atoms with Crippen LogP contribution in [-0.2, 0) is 22.3 Å². The van der Waals surface area contributed by atoms with Crippen LogP contribution in [0.1, 0.15) is 69.0 Å². The Balaban J connectivity index is 2.63. The van der Waals surface area contributed by atoms with Crippen LogP contribution < -0.4 is 4.74 Å². The molecule has 29 heavy (non-hydrogen) atoms. The molecule has 0 aliphatic carbocycles. The first-order chi connectivity index (χ1) is 14.1. The summed E-state index contributed by atoms with van der Waals surface area (Å²) in [6.07, 6.45) is 3.94. The first-order valence-electron chi connectivity index (χ1n) is 11.0. The van der Waals surface area contributed by atoms with Crippen molar-refractivity contribution in [3.8, 4) is 17.0 Å². The van der Waals surface area contributed by atoms with Crippen LogP contribution in [0, 0.1) is 6.92 Å². The average Bonchev–Trinajstić information content (AvgIpc) is 2.73. The van der Waals surface area contributed by atoms with E-state index in [0.717, 1.165) is 48.4 Å². The van der Waals surface area contributed by atoms with Crippen molar-refractivity contribution >= 4 is 0 Å². The van der Waals surface area contributed by atoms with Gasteiger partial charge in [0.1, 0.15) is 12.4 Å². The molecule has 1 heterocycles. The lowest BCUT2D eigenvalue weighted by atomic mass is 9.93. The molecule has 0 fully saturated rings. The van der Waals surface area contributed by atoms with E-state index in [0.29, 0.717) is 19.8 Å². The maximum atomic E-state index is 6.20. The van der Waals surface area contributed by atoms with Crippen molar-refractivity contribution in [3.05, 3.63) is 46.6 Å². The minimum atomic E-state index is -0.00356. The second kappa shape index (κ2) is 11.9. The van der Waals surface area contributed by atoms with Crippen LogP contribution in [0.5, 0.6) is 5.75 Å². The Labute approximate surface area is 176 Å². The number of nitrogens with zero attached hydrogens (tertiary/aromatic N) is 1. The summed E-state index contributed by atoms with van der Waals surface area (Å²) in [4.78, 5) is 5.04. The van der Waals surface area contributed by atoms with Crippen molar-refractivity contribution in [1.29, 1.82) is 0 Å². The number of pyridine rings is 1. The van der Waals surface area contributed by atoms with Crippen molar-refractivity contribution < 1.29 is 14.2 Å². The SMILES string of the molecule is CCCC(OCC)c1c(OCCOC)cc(-c2c(CC)cccc2CC)nc1C. The first-order valence-corrected chi connectivity index (χ1v) is 11.0. The van der Waals surface area contributed by atoms with Crippen molar-refractivity contribution in [2.24, 2.45) is 0 Å². The molecular weight excluding hydrogens is 362 g/mol. The predicted octanol–water partition coefficient (Wildman–Crippen LogP) is 6.08. The molecule has 1 aromatic heterocycles. The second-order valence-electron chi connectivity index (χ2n) is 7.24. The van der Waals surface area contributed by atoms with Crippen LogP contribution in [0.2, 0.25) is 0 Å². The molecule has 160 valence electrons. The lowest BCUT2D eigenvalue weighted by Crippen LogP contribution is -2.13. The molecule has 1 aromatic carbocycles. The molecular formula is C25H37NO3. The summed E-state index contributed by atoms with van der Waals surface area (Å²) >= 11 is 0. The van der Waals surface area contributed by atoms with Gasteiger partial charge in [-0.05, 0) is 44.2 Å². The Morgan fingerprint density at radius 1 is 1.00 bits per heavy atom. The molecule has 0 N–H and O–H groups in total. The summed E-state index contributed by atoms with van der Waals surface area (Å²) in [5.74, 6) is 0.865. The molecule has 2 aromatic rings. The van der Waals surface area contributed by atoms with Gasteiger partial charge in [0, 0.05) is 36.6 Å². The summed E-state index contributed by atoms with van der Waals surface area (Å²) in [5, 5.41) is 0. The Kier molecular flexibility index (Phi) is 9.62. The molecule has 2 rings (SSSR count). The number of ether oxygens (including phenoxy) is 3. The van der Waals surface area contributed by atoms with Gasteiger partial charge in [0.25, 0.3) is 0 Å². The number of hydrogen-bond donors (Lipinski definition) is 0. The number of hydrogen-bond acceptors (Lipinski definition) is 4. The van der Waals surface area contributed by atoms with Gasteiger partial charge in [0.2, 0.25) is 0 Å². The summed E-state index contributed by atoms with van der Waals surface area (Å²) < 4.78 is 17.5. The Hall–Kier alpha value is -1.91. The first kappa shape index (κ1) is 23.4.